The van der Waals surface area contributed by atoms with Gasteiger partial charge < -0.3 is 23.8 Å². The molecule has 1 amide bonds. The van der Waals surface area contributed by atoms with E-state index in [-0.39, 0.29) is 36.8 Å². The summed E-state index contributed by atoms with van der Waals surface area (Å²) < 4.78 is 56.7. The first-order valence-corrected chi connectivity index (χ1v) is 14.9. The van der Waals surface area contributed by atoms with E-state index < -0.39 is 15.7 Å². The highest BCUT2D eigenvalue weighted by Crippen LogP contribution is 2.41. The third-order valence-corrected chi connectivity index (χ3v) is 8.82. The largest absolute Gasteiger partial charge is 0.493 e. The van der Waals surface area contributed by atoms with E-state index >= 15 is 0 Å². The van der Waals surface area contributed by atoms with Crippen LogP contribution in [0, 0.1) is 6.92 Å². The first kappa shape index (κ1) is 30.9. The van der Waals surface area contributed by atoms with Gasteiger partial charge in [-0.3, -0.25) is 9.35 Å². The summed E-state index contributed by atoms with van der Waals surface area (Å²) in [6.07, 6.45) is 0.499. The minimum absolute atomic E-state index is 0.132. The van der Waals surface area contributed by atoms with Crippen molar-refractivity contribution < 1.29 is 36.7 Å². The second-order valence-electron chi connectivity index (χ2n) is 9.70. The lowest BCUT2D eigenvalue weighted by Crippen LogP contribution is -2.52. The molecule has 0 aliphatic carbocycles. The molecule has 0 saturated carbocycles. The van der Waals surface area contributed by atoms with E-state index in [0.29, 0.717) is 50.5 Å². The summed E-state index contributed by atoms with van der Waals surface area (Å²) >= 11 is 12.6. The first-order valence-electron chi connectivity index (χ1n) is 12.7. The quantitative estimate of drug-likeness (QED) is 0.308. The smallest absolute Gasteiger partial charge is 0.294 e. The van der Waals surface area contributed by atoms with Gasteiger partial charge in [-0.15, -0.1) is 0 Å². The second kappa shape index (κ2) is 12.5. The van der Waals surface area contributed by atoms with Gasteiger partial charge in [0.15, 0.2) is 11.5 Å². The molecule has 0 bridgehead atoms. The standard InChI is InChI=1S/C29H31Cl2NO8S/c1-18-5-8-26(41(34,35)36)19(13-18)9-10-29(21-6-7-22(30)23(31)16-21)17-32(11-12-40-29)28(33)20-14-24(37-2)27(39-4)25(15-20)38-3/h5-8,13-16H,9-12,17H2,1-4H3,(H,34,35,36)/t29-/m0/s1. The zero-order valence-corrected chi connectivity index (χ0v) is 25.4. The van der Waals surface area contributed by atoms with E-state index in [1.165, 1.54) is 27.4 Å². The Morgan fingerprint density at radius 3 is 2.27 bits per heavy atom. The van der Waals surface area contributed by atoms with Gasteiger partial charge in [-0.2, -0.15) is 8.42 Å². The molecule has 1 aliphatic heterocycles. The molecule has 1 fully saturated rings. The van der Waals surface area contributed by atoms with Gasteiger partial charge in [-0.05, 0) is 61.2 Å². The van der Waals surface area contributed by atoms with Crippen molar-refractivity contribution in [1.82, 2.24) is 4.90 Å². The van der Waals surface area contributed by atoms with Crippen LogP contribution >= 0.6 is 23.2 Å². The Balaban J connectivity index is 1.74. The molecule has 12 heteroatoms. The van der Waals surface area contributed by atoms with E-state index in [4.69, 9.17) is 42.1 Å². The Hall–Kier alpha value is -3.02. The van der Waals surface area contributed by atoms with E-state index in [1.54, 1.807) is 47.4 Å². The summed E-state index contributed by atoms with van der Waals surface area (Å²) in [7, 11) is -0.0260. The molecule has 220 valence electrons. The molecule has 1 saturated heterocycles. The number of carbonyl (C=O) groups is 1. The Morgan fingerprint density at radius 1 is 1.00 bits per heavy atom. The van der Waals surface area contributed by atoms with Gasteiger partial charge in [-0.25, -0.2) is 0 Å². The monoisotopic (exact) mass is 623 g/mol. The molecular formula is C29H31Cl2NO8S. The number of nitrogens with zero attached hydrogens (tertiary/aromatic N) is 1. The zero-order chi connectivity index (χ0) is 29.9. The fourth-order valence-electron chi connectivity index (χ4n) is 5.09. The molecule has 3 aromatic carbocycles. The fraction of sp³-hybridized carbons (Fsp3) is 0.345. The molecule has 0 spiro atoms. The number of halogens is 2. The van der Waals surface area contributed by atoms with Crippen LogP contribution in [0.15, 0.2) is 53.4 Å². The Morgan fingerprint density at radius 2 is 1.68 bits per heavy atom. The number of amides is 1. The molecule has 0 aromatic heterocycles. The summed E-state index contributed by atoms with van der Waals surface area (Å²) in [5.74, 6) is 0.769. The van der Waals surface area contributed by atoms with Gasteiger partial charge in [0.05, 0.1) is 49.4 Å². The zero-order valence-electron chi connectivity index (χ0n) is 23.1. The van der Waals surface area contributed by atoms with Crippen LogP contribution in [0.4, 0.5) is 0 Å². The number of methoxy groups -OCH3 is 3. The molecule has 1 aliphatic rings. The van der Waals surface area contributed by atoms with E-state index in [9.17, 15) is 17.8 Å². The van der Waals surface area contributed by atoms with Crippen molar-refractivity contribution in [1.29, 1.82) is 0 Å². The number of benzene rings is 3. The molecule has 41 heavy (non-hydrogen) atoms. The van der Waals surface area contributed by atoms with Gasteiger partial charge in [0.2, 0.25) is 5.75 Å². The number of rotatable bonds is 9. The van der Waals surface area contributed by atoms with Gasteiger partial charge in [0, 0.05) is 12.1 Å². The second-order valence-corrected chi connectivity index (χ2v) is 11.9. The fourth-order valence-corrected chi connectivity index (χ4v) is 6.12. The lowest BCUT2D eigenvalue weighted by molar-refractivity contribution is -0.110. The van der Waals surface area contributed by atoms with Crippen LogP contribution in [-0.2, 0) is 26.9 Å². The molecule has 1 heterocycles. The van der Waals surface area contributed by atoms with Gasteiger partial charge in [-0.1, -0.05) is 47.0 Å². The van der Waals surface area contributed by atoms with Crippen molar-refractivity contribution in [3.8, 4) is 17.2 Å². The van der Waals surface area contributed by atoms with Crippen LogP contribution in [0.2, 0.25) is 10.0 Å². The lowest BCUT2D eigenvalue weighted by atomic mass is 9.85. The van der Waals surface area contributed by atoms with Crippen LogP contribution in [0.5, 0.6) is 17.2 Å². The summed E-state index contributed by atoms with van der Waals surface area (Å²) in [6, 6.07) is 13.0. The lowest BCUT2D eigenvalue weighted by Gasteiger charge is -2.43. The minimum atomic E-state index is -4.46. The molecule has 9 nitrogen and oxygen atoms in total. The third kappa shape index (κ3) is 6.57. The molecule has 1 atom stereocenters. The molecule has 4 rings (SSSR count). The van der Waals surface area contributed by atoms with Crippen molar-refractivity contribution in [3.63, 3.8) is 0 Å². The molecular weight excluding hydrogens is 593 g/mol. The number of aryl methyl sites for hydroxylation is 2. The predicted octanol–water partition coefficient (Wildman–Crippen LogP) is 5.58. The van der Waals surface area contributed by atoms with Crippen molar-refractivity contribution in [2.45, 2.75) is 30.3 Å². The number of ether oxygens (including phenoxy) is 4. The van der Waals surface area contributed by atoms with Crippen molar-refractivity contribution >= 4 is 39.2 Å². The topological polar surface area (TPSA) is 112 Å². The third-order valence-electron chi connectivity index (χ3n) is 7.12. The van der Waals surface area contributed by atoms with Crippen molar-refractivity contribution in [3.05, 3.63) is 80.8 Å². The Labute approximate surface area is 249 Å². The average Bonchev–Trinajstić information content (AvgIpc) is 2.95. The van der Waals surface area contributed by atoms with Crippen LogP contribution in [0.3, 0.4) is 0 Å². The predicted molar refractivity (Wildman–Crippen MR) is 155 cm³/mol. The van der Waals surface area contributed by atoms with Gasteiger partial charge in [0.25, 0.3) is 16.0 Å². The van der Waals surface area contributed by atoms with Gasteiger partial charge in [0.1, 0.15) is 5.60 Å². The molecule has 3 aromatic rings. The summed E-state index contributed by atoms with van der Waals surface area (Å²) in [6.45, 7) is 2.48. The Kier molecular flexibility index (Phi) is 9.40. The first-order chi connectivity index (χ1) is 19.4. The summed E-state index contributed by atoms with van der Waals surface area (Å²) in [4.78, 5) is 15.3. The van der Waals surface area contributed by atoms with Gasteiger partial charge >= 0.3 is 0 Å². The number of carbonyl (C=O) groups excluding carboxylic acids is 1. The van der Waals surface area contributed by atoms with E-state index in [1.807, 2.05) is 6.92 Å². The Bertz CT molecular complexity index is 1540. The highest BCUT2D eigenvalue weighted by Gasteiger charge is 2.41. The number of hydrogen-bond donors (Lipinski definition) is 1. The minimum Gasteiger partial charge on any atom is -0.493 e. The van der Waals surface area contributed by atoms with Crippen LogP contribution in [0.25, 0.3) is 0 Å². The molecule has 0 unspecified atom stereocenters. The average molecular weight is 625 g/mol. The number of hydrogen-bond acceptors (Lipinski definition) is 7. The molecule has 1 N–H and O–H groups in total. The highest BCUT2D eigenvalue weighted by atomic mass is 35.5. The maximum atomic E-state index is 13.8. The highest BCUT2D eigenvalue weighted by molar-refractivity contribution is 7.85. The molecule has 0 radical (unpaired) electrons. The van der Waals surface area contributed by atoms with Crippen LogP contribution in [0.1, 0.15) is 33.5 Å². The van der Waals surface area contributed by atoms with Crippen LogP contribution in [-0.4, -0.2) is 64.8 Å². The van der Waals surface area contributed by atoms with Crippen LogP contribution < -0.4 is 14.2 Å². The normalized spacial score (nSPS) is 17.3. The van der Waals surface area contributed by atoms with E-state index in [0.717, 1.165) is 5.56 Å². The van der Waals surface area contributed by atoms with Crippen molar-refractivity contribution in [2.24, 2.45) is 0 Å². The summed E-state index contributed by atoms with van der Waals surface area (Å²) in [5, 5.41) is 0.675. The maximum absolute atomic E-state index is 13.8. The van der Waals surface area contributed by atoms with E-state index in [2.05, 4.69) is 0 Å². The van der Waals surface area contributed by atoms with Crippen molar-refractivity contribution in [2.75, 3.05) is 41.0 Å². The maximum Gasteiger partial charge on any atom is 0.294 e. The summed E-state index contributed by atoms with van der Waals surface area (Å²) in [5.41, 5.74) is 1.21. The number of morpholine rings is 1. The SMILES string of the molecule is COc1cc(C(=O)N2CCO[C@](CCc3cc(C)ccc3S(=O)(=O)O)(c3ccc(Cl)c(Cl)c3)C2)cc(OC)c1OC.